The van der Waals surface area contributed by atoms with E-state index < -0.39 is 0 Å². The molecule has 0 fully saturated rings. The second-order valence-corrected chi connectivity index (χ2v) is 6.21. The van der Waals surface area contributed by atoms with Crippen molar-refractivity contribution in [3.63, 3.8) is 0 Å². The molecule has 1 N–H and O–H groups in total. The van der Waals surface area contributed by atoms with E-state index in [1.54, 1.807) is 12.3 Å². The van der Waals surface area contributed by atoms with E-state index in [4.69, 9.17) is 0 Å². The minimum atomic E-state index is -0.388. The number of anilines is 1. The third kappa shape index (κ3) is 3.85. The summed E-state index contributed by atoms with van der Waals surface area (Å²) in [5, 5.41) is 15.3. The molecule has 5 nitrogen and oxygen atoms in total. The number of para-hydroxylation sites is 1. The van der Waals surface area contributed by atoms with Gasteiger partial charge in [-0.3, -0.25) is 10.1 Å². The summed E-state index contributed by atoms with van der Waals surface area (Å²) in [5.41, 5.74) is 1.38. The zero-order valence-electron chi connectivity index (χ0n) is 12.2. The topological polar surface area (TPSA) is 68.1 Å². The number of thioether (sulfide) groups is 1. The van der Waals surface area contributed by atoms with Gasteiger partial charge in [0.15, 0.2) is 0 Å². The van der Waals surface area contributed by atoms with E-state index in [2.05, 4.69) is 24.1 Å². The molecule has 1 aromatic carbocycles. The van der Waals surface area contributed by atoms with Gasteiger partial charge in [0.1, 0.15) is 5.52 Å². The average molecular weight is 305 g/mol. The maximum absolute atomic E-state index is 11.1. The lowest BCUT2D eigenvalue weighted by molar-refractivity contribution is -0.383. The number of nitrogens with one attached hydrogen (secondary N) is 1. The second-order valence-electron chi connectivity index (χ2n) is 4.82. The van der Waals surface area contributed by atoms with E-state index in [9.17, 15) is 10.1 Å². The van der Waals surface area contributed by atoms with Gasteiger partial charge in [-0.2, -0.15) is 11.8 Å². The van der Waals surface area contributed by atoms with Gasteiger partial charge in [0.05, 0.1) is 4.92 Å². The third-order valence-electron chi connectivity index (χ3n) is 3.25. The number of non-ortho nitro benzene ring substituents is 1. The number of hydrogen-bond donors (Lipinski definition) is 1. The van der Waals surface area contributed by atoms with Crippen LogP contribution in [0, 0.1) is 10.1 Å². The Kier molecular flexibility index (Phi) is 5.38. The van der Waals surface area contributed by atoms with Gasteiger partial charge < -0.3 is 5.32 Å². The zero-order valence-corrected chi connectivity index (χ0v) is 13.0. The fourth-order valence-corrected chi connectivity index (χ4v) is 2.98. The molecule has 2 rings (SSSR count). The Morgan fingerprint density at radius 2 is 2.24 bits per heavy atom. The molecular formula is C15H19N3O2S. The van der Waals surface area contributed by atoms with E-state index in [0.717, 1.165) is 29.0 Å². The molecule has 0 bridgehead atoms. The highest BCUT2D eigenvalue weighted by atomic mass is 32.2. The molecule has 1 aromatic heterocycles. The summed E-state index contributed by atoms with van der Waals surface area (Å²) in [6.45, 7) is 4.28. The highest BCUT2D eigenvalue weighted by Gasteiger charge is 2.15. The van der Waals surface area contributed by atoms with E-state index >= 15 is 0 Å². The standard InChI is InChI=1S/C15H19N3O2S/c1-3-21-10-8-11(2)17-13-7-9-16-15-12(13)5-4-6-14(15)18(19)20/h4-7,9,11H,3,8,10H2,1-2H3,(H,16,17). The van der Waals surface area contributed by atoms with Crippen molar-refractivity contribution in [1.29, 1.82) is 0 Å². The van der Waals surface area contributed by atoms with Gasteiger partial charge in [-0.05, 0) is 30.9 Å². The Bertz CT molecular complexity index is 633. The number of fused-ring (bicyclic) bond motifs is 1. The van der Waals surface area contributed by atoms with Crippen molar-refractivity contribution in [3.05, 3.63) is 40.6 Å². The van der Waals surface area contributed by atoms with Crippen molar-refractivity contribution >= 4 is 34.0 Å². The second kappa shape index (κ2) is 7.26. The molecule has 112 valence electrons. The first-order chi connectivity index (χ1) is 10.1. The highest BCUT2D eigenvalue weighted by Crippen LogP contribution is 2.29. The van der Waals surface area contributed by atoms with Gasteiger partial charge in [-0.1, -0.05) is 19.1 Å². The molecule has 1 atom stereocenters. The van der Waals surface area contributed by atoms with Gasteiger partial charge in [-0.25, -0.2) is 4.98 Å². The first-order valence-electron chi connectivity index (χ1n) is 7.00. The Morgan fingerprint density at radius 1 is 1.43 bits per heavy atom. The number of nitro benzene ring substituents is 1. The maximum atomic E-state index is 11.1. The van der Waals surface area contributed by atoms with Crippen LogP contribution >= 0.6 is 11.8 Å². The molecule has 2 aromatic rings. The molecule has 6 heteroatoms. The summed E-state index contributed by atoms with van der Waals surface area (Å²) < 4.78 is 0. The molecule has 1 heterocycles. The van der Waals surface area contributed by atoms with Crippen molar-refractivity contribution in [1.82, 2.24) is 4.98 Å². The molecule has 0 spiro atoms. The van der Waals surface area contributed by atoms with Crippen LogP contribution in [0.5, 0.6) is 0 Å². The zero-order chi connectivity index (χ0) is 15.2. The van der Waals surface area contributed by atoms with Crippen LogP contribution in [0.3, 0.4) is 0 Å². The number of pyridine rings is 1. The van der Waals surface area contributed by atoms with Gasteiger partial charge >= 0.3 is 0 Å². The molecule has 0 saturated carbocycles. The van der Waals surface area contributed by atoms with Crippen LogP contribution in [-0.2, 0) is 0 Å². The lowest BCUT2D eigenvalue weighted by atomic mass is 10.1. The maximum Gasteiger partial charge on any atom is 0.295 e. The summed E-state index contributed by atoms with van der Waals surface area (Å²) >= 11 is 1.92. The first-order valence-corrected chi connectivity index (χ1v) is 8.15. The van der Waals surface area contributed by atoms with Gasteiger partial charge in [0.25, 0.3) is 5.69 Å². The van der Waals surface area contributed by atoms with Crippen molar-refractivity contribution in [2.75, 3.05) is 16.8 Å². The summed E-state index contributed by atoms with van der Waals surface area (Å²) in [6.07, 6.45) is 2.67. The van der Waals surface area contributed by atoms with Gasteiger partial charge in [0.2, 0.25) is 0 Å². The SMILES string of the molecule is CCSCCC(C)Nc1ccnc2c([N+](=O)[O-])cccc12. The minimum Gasteiger partial charge on any atom is -0.382 e. The Hall–Kier alpha value is -1.82. The van der Waals surface area contributed by atoms with Crippen molar-refractivity contribution in [2.45, 2.75) is 26.3 Å². The molecule has 0 saturated heterocycles. The molecule has 21 heavy (non-hydrogen) atoms. The fraction of sp³-hybridized carbons (Fsp3) is 0.400. The number of rotatable bonds is 7. The summed E-state index contributed by atoms with van der Waals surface area (Å²) in [4.78, 5) is 14.8. The number of hydrogen-bond acceptors (Lipinski definition) is 5. The van der Waals surface area contributed by atoms with Crippen molar-refractivity contribution in [3.8, 4) is 0 Å². The largest absolute Gasteiger partial charge is 0.382 e. The van der Waals surface area contributed by atoms with E-state index in [0.29, 0.717) is 11.6 Å². The van der Waals surface area contributed by atoms with E-state index in [1.807, 2.05) is 23.9 Å². The summed E-state index contributed by atoms with van der Waals surface area (Å²) in [6, 6.07) is 7.24. The first kappa shape index (κ1) is 15.6. The van der Waals surface area contributed by atoms with Crippen LogP contribution in [0.4, 0.5) is 11.4 Å². The normalized spacial score (nSPS) is 12.3. The predicted molar refractivity (Wildman–Crippen MR) is 89.1 cm³/mol. The van der Waals surface area contributed by atoms with Crippen molar-refractivity contribution < 1.29 is 4.92 Å². The Morgan fingerprint density at radius 3 is 2.95 bits per heavy atom. The molecule has 0 aliphatic heterocycles. The summed E-state index contributed by atoms with van der Waals surface area (Å²) in [7, 11) is 0. The van der Waals surface area contributed by atoms with Crippen LogP contribution < -0.4 is 5.32 Å². The number of nitrogens with zero attached hydrogens (tertiary/aromatic N) is 2. The molecule has 1 unspecified atom stereocenters. The quantitative estimate of drug-likeness (QED) is 0.474. The van der Waals surface area contributed by atoms with Crippen molar-refractivity contribution in [2.24, 2.45) is 0 Å². The molecule has 0 aliphatic rings. The third-order valence-corrected chi connectivity index (χ3v) is 4.18. The number of aromatic nitrogens is 1. The molecule has 0 radical (unpaired) electrons. The fourth-order valence-electron chi connectivity index (χ4n) is 2.18. The van der Waals surface area contributed by atoms with E-state index in [-0.39, 0.29) is 10.6 Å². The van der Waals surface area contributed by atoms with Crippen LogP contribution in [-0.4, -0.2) is 27.5 Å². The van der Waals surface area contributed by atoms with Crippen LogP contribution in [0.15, 0.2) is 30.5 Å². The molecule has 0 amide bonds. The summed E-state index contributed by atoms with van der Waals surface area (Å²) in [5.74, 6) is 2.23. The van der Waals surface area contributed by atoms with E-state index in [1.165, 1.54) is 6.07 Å². The Labute approximate surface area is 128 Å². The molecular weight excluding hydrogens is 286 g/mol. The number of nitro groups is 1. The minimum absolute atomic E-state index is 0.0466. The molecule has 0 aliphatic carbocycles. The number of benzene rings is 1. The predicted octanol–water partition coefficient (Wildman–Crippen LogP) is 4.09. The van der Waals surface area contributed by atoms with Crippen LogP contribution in [0.25, 0.3) is 10.9 Å². The van der Waals surface area contributed by atoms with Crippen LogP contribution in [0.2, 0.25) is 0 Å². The van der Waals surface area contributed by atoms with Gasteiger partial charge in [-0.15, -0.1) is 0 Å². The smallest absolute Gasteiger partial charge is 0.295 e. The van der Waals surface area contributed by atoms with Gasteiger partial charge in [0, 0.05) is 29.4 Å². The monoisotopic (exact) mass is 305 g/mol. The Balaban J connectivity index is 2.24. The lowest BCUT2D eigenvalue weighted by Crippen LogP contribution is -2.16. The average Bonchev–Trinajstić information content (AvgIpc) is 2.47. The highest BCUT2D eigenvalue weighted by molar-refractivity contribution is 7.99. The van der Waals surface area contributed by atoms with Crippen LogP contribution in [0.1, 0.15) is 20.3 Å². The lowest BCUT2D eigenvalue weighted by Gasteiger charge is -2.16.